The molecule has 0 aliphatic heterocycles. The molecule has 0 aromatic heterocycles. The van der Waals surface area contributed by atoms with Crippen molar-refractivity contribution in [3.63, 3.8) is 0 Å². The van der Waals surface area contributed by atoms with Crippen LogP contribution in [0.3, 0.4) is 0 Å². The fourth-order valence-corrected chi connectivity index (χ4v) is 2.46. The average molecular weight is 269 g/mol. The molecule has 0 amide bonds. The molecule has 1 rings (SSSR count). The molecule has 0 heterocycles. The van der Waals surface area contributed by atoms with E-state index < -0.39 is 11.6 Å². The number of benzene rings is 1. The summed E-state index contributed by atoms with van der Waals surface area (Å²) in [6.07, 6.45) is 2.14. The molecule has 1 nitrogen and oxygen atoms in total. The van der Waals surface area contributed by atoms with Gasteiger partial charge in [-0.05, 0) is 29.5 Å². The van der Waals surface area contributed by atoms with E-state index in [1.54, 1.807) is 0 Å². The van der Waals surface area contributed by atoms with Gasteiger partial charge in [0, 0.05) is 18.7 Å². The summed E-state index contributed by atoms with van der Waals surface area (Å²) in [4.78, 5) is 0. The molecule has 0 aliphatic rings. The van der Waals surface area contributed by atoms with E-state index in [1.807, 2.05) is 0 Å². The first kappa shape index (κ1) is 16.1. The fraction of sp³-hybridized carbons (Fsp3) is 0.625. The minimum atomic E-state index is -0.492. The summed E-state index contributed by atoms with van der Waals surface area (Å²) in [5, 5.41) is 3.38. The summed E-state index contributed by atoms with van der Waals surface area (Å²) in [5.74, 6) is -0.438. The van der Waals surface area contributed by atoms with Gasteiger partial charge in [-0.25, -0.2) is 8.78 Å². The summed E-state index contributed by atoms with van der Waals surface area (Å²) >= 11 is 0. The number of rotatable bonds is 7. The van der Waals surface area contributed by atoms with Crippen molar-refractivity contribution in [2.24, 2.45) is 5.92 Å². The van der Waals surface area contributed by atoms with Crippen LogP contribution in [0.4, 0.5) is 8.78 Å². The molecule has 0 saturated carbocycles. The number of halogens is 2. The van der Waals surface area contributed by atoms with Crippen molar-refractivity contribution in [1.29, 1.82) is 0 Å². The predicted molar refractivity (Wildman–Crippen MR) is 76.3 cm³/mol. The van der Waals surface area contributed by atoms with Crippen LogP contribution in [0.25, 0.3) is 0 Å². The Labute approximate surface area is 115 Å². The Morgan fingerprint density at radius 3 is 2.11 bits per heavy atom. The zero-order valence-corrected chi connectivity index (χ0v) is 12.3. The molecule has 0 saturated heterocycles. The van der Waals surface area contributed by atoms with Crippen LogP contribution in [-0.4, -0.2) is 12.6 Å². The van der Waals surface area contributed by atoms with Gasteiger partial charge < -0.3 is 5.32 Å². The smallest absolute Gasteiger partial charge is 0.126 e. The van der Waals surface area contributed by atoms with E-state index in [9.17, 15) is 8.78 Å². The van der Waals surface area contributed by atoms with Gasteiger partial charge in [-0.1, -0.05) is 40.5 Å². The molecule has 0 spiro atoms. The summed E-state index contributed by atoms with van der Waals surface area (Å²) in [6, 6.07) is 4.22. The van der Waals surface area contributed by atoms with E-state index in [4.69, 9.17) is 0 Å². The zero-order chi connectivity index (χ0) is 14.4. The van der Waals surface area contributed by atoms with Gasteiger partial charge in [0.05, 0.1) is 0 Å². The molecule has 0 aliphatic carbocycles. The lowest BCUT2D eigenvalue weighted by Gasteiger charge is -2.26. The highest BCUT2D eigenvalue weighted by molar-refractivity contribution is 5.23. The van der Waals surface area contributed by atoms with Crippen molar-refractivity contribution in [2.45, 2.75) is 52.5 Å². The Hall–Kier alpha value is -0.960. The van der Waals surface area contributed by atoms with Crippen LogP contribution >= 0.6 is 0 Å². The Bertz CT molecular complexity index is 370. The highest BCUT2D eigenvalue weighted by Gasteiger charge is 2.20. The van der Waals surface area contributed by atoms with Crippen LogP contribution in [-0.2, 0) is 0 Å². The molecule has 1 aromatic carbocycles. The Balaban J connectivity index is 2.93. The number of hydrogen-bond acceptors (Lipinski definition) is 1. The largest absolute Gasteiger partial charge is 0.314 e. The standard InChI is InChI=1S/C16H25F2N/c1-5-6-12(4)16(10-19-11(2)3)13-7-14(17)9-15(18)8-13/h7-9,11-12,16,19H,5-6,10H2,1-4H3. The van der Waals surface area contributed by atoms with Crippen molar-refractivity contribution in [3.05, 3.63) is 35.4 Å². The SMILES string of the molecule is CCCC(C)C(CNC(C)C)c1cc(F)cc(F)c1. The Morgan fingerprint density at radius 1 is 1.05 bits per heavy atom. The monoisotopic (exact) mass is 269 g/mol. The number of hydrogen-bond donors (Lipinski definition) is 1. The van der Waals surface area contributed by atoms with Crippen molar-refractivity contribution in [2.75, 3.05) is 6.54 Å². The summed E-state index contributed by atoms with van der Waals surface area (Å²) in [7, 11) is 0. The summed E-state index contributed by atoms with van der Waals surface area (Å²) < 4.78 is 26.8. The van der Waals surface area contributed by atoms with Gasteiger partial charge in [0.25, 0.3) is 0 Å². The molecular formula is C16H25F2N. The molecule has 1 N–H and O–H groups in total. The van der Waals surface area contributed by atoms with Crippen molar-refractivity contribution in [1.82, 2.24) is 5.32 Å². The van der Waals surface area contributed by atoms with Gasteiger partial charge in [0.2, 0.25) is 0 Å². The quantitative estimate of drug-likeness (QED) is 0.769. The second-order valence-corrected chi connectivity index (χ2v) is 5.64. The van der Waals surface area contributed by atoms with Crippen molar-refractivity contribution >= 4 is 0 Å². The minimum absolute atomic E-state index is 0.146. The molecule has 0 fully saturated rings. The second-order valence-electron chi connectivity index (χ2n) is 5.64. The van der Waals surface area contributed by atoms with E-state index in [-0.39, 0.29) is 5.92 Å². The lowest BCUT2D eigenvalue weighted by molar-refractivity contribution is 0.389. The van der Waals surface area contributed by atoms with E-state index in [0.717, 1.165) is 31.0 Å². The summed E-state index contributed by atoms with van der Waals surface area (Å²) in [6.45, 7) is 9.19. The van der Waals surface area contributed by atoms with Gasteiger partial charge in [-0.3, -0.25) is 0 Å². The molecule has 3 heteroatoms. The third-order valence-corrected chi connectivity index (χ3v) is 3.49. The van der Waals surface area contributed by atoms with Gasteiger partial charge >= 0.3 is 0 Å². The third kappa shape index (κ3) is 5.27. The molecular weight excluding hydrogens is 244 g/mol. The first-order valence-corrected chi connectivity index (χ1v) is 7.13. The molecule has 0 bridgehead atoms. The molecule has 1 aromatic rings. The van der Waals surface area contributed by atoms with Crippen LogP contribution < -0.4 is 5.32 Å². The fourth-order valence-electron chi connectivity index (χ4n) is 2.46. The molecule has 19 heavy (non-hydrogen) atoms. The highest BCUT2D eigenvalue weighted by atomic mass is 19.1. The summed E-state index contributed by atoms with van der Waals surface area (Å²) in [5.41, 5.74) is 0.756. The van der Waals surface area contributed by atoms with E-state index >= 15 is 0 Å². The lowest BCUT2D eigenvalue weighted by atomic mass is 9.84. The van der Waals surface area contributed by atoms with Gasteiger partial charge in [0.1, 0.15) is 11.6 Å². The maximum Gasteiger partial charge on any atom is 0.126 e. The molecule has 0 radical (unpaired) electrons. The van der Waals surface area contributed by atoms with Gasteiger partial charge in [-0.15, -0.1) is 0 Å². The topological polar surface area (TPSA) is 12.0 Å². The minimum Gasteiger partial charge on any atom is -0.314 e. The van der Waals surface area contributed by atoms with Gasteiger partial charge in [-0.2, -0.15) is 0 Å². The zero-order valence-electron chi connectivity index (χ0n) is 12.3. The Kier molecular flexibility index (Phi) is 6.43. The average Bonchev–Trinajstić information content (AvgIpc) is 2.27. The normalized spacial score (nSPS) is 14.7. The van der Waals surface area contributed by atoms with Crippen LogP contribution in [0.5, 0.6) is 0 Å². The maximum atomic E-state index is 13.4. The molecule has 2 atom stereocenters. The van der Waals surface area contributed by atoms with Gasteiger partial charge in [0.15, 0.2) is 0 Å². The first-order valence-electron chi connectivity index (χ1n) is 7.13. The lowest BCUT2D eigenvalue weighted by Crippen LogP contribution is -2.30. The van der Waals surface area contributed by atoms with E-state index in [1.165, 1.54) is 12.1 Å². The van der Waals surface area contributed by atoms with E-state index in [0.29, 0.717) is 12.0 Å². The highest BCUT2D eigenvalue weighted by Crippen LogP contribution is 2.28. The first-order chi connectivity index (χ1) is 8.93. The third-order valence-electron chi connectivity index (χ3n) is 3.49. The Morgan fingerprint density at radius 2 is 1.63 bits per heavy atom. The predicted octanol–water partition coefficient (Wildman–Crippen LogP) is 4.48. The molecule has 108 valence electrons. The maximum absolute atomic E-state index is 13.4. The number of nitrogens with one attached hydrogen (secondary N) is 1. The second kappa shape index (κ2) is 7.59. The van der Waals surface area contributed by atoms with Crippen molar-refractivity contribution in [3.8, 4) is 0 Å². The van der Waals surface area contributed by atoms with Crippen LogP contribution in [0.2, 0.25) is 0 Å². The van der Waals surface area contributed by atoms with E-state index in [2.05, 4.69) is 33.0 Å². The van der Waals surface area contributed by atoms with Crippen molar-refractivity contribution < 1.29 is 8.78 Å². The molecule has 2 unspecified atom stereocenters. The van der Waals surface area contributed by atoms with Crippen LogP contribution in [0.15, 0.2) is 18.2 Å². The van der Waals surface area contributed by atoms with Crippen LogP contribution in [0.1, 0.15) is 52.0 Å². The van der Waals surface area contributed by atoms with Crippen LogP contribution in [0, 0.1) is 17.6 Å².